The molecular weight excluding hydrogens is 252 g/mol. The number of hydrogen-bond acceptors (Lipinski definition) is 4. The average molecular weight is 280 g/mol. The first-order valence-electron chi connectivity index (χ1n) is 7.39. The topological polar surface area (TPSA) is 33.7 Å². The van der Waals surface area contributed by atoms with Crippen molar-refractivity contribution in [3.8, 4) is 11.5 Å². The minimum Gasteiger partial charge on any atom is -0.493 e. The molecule has 20 heavy (non-hydrogen) atoms. The van der Waals surface area contributed by atoms with Gasteiger partial charge in [-0.15, -0.1) is 0 Å². The van der Waals surface area contributed by atoms with Gasteiger partial charge in [0, 0.05) is 13.1 Å². The first-order valence-corrected chi connectivity index (χ1v) is 7.39. The van der Waals surface area contributed by atoms with Gasteiger partial charge in [-0.25, -0.2) is 0 Å². The van der Waals surface area contributed by atoms with E-state index in [2.05, 4.69) is 30.1 Å². The molecule has 0 aliphatic heterocycles. The Balaban J connectivity index is 2.32. The summed E-state index contributed by atoms with van der Waals surface area (Å²) in [5.74, 6) is 1.58. The molecule has 0 fully saturated rings. The lowest BCUT2D eigenvalue weighted by molar-refractivity contribution is 0.303. The van der Waals surface area contributed by atoms with E-state index in [4.69, 9.17) is 9.47 Å². The van der Waals surface area contributed by atoms with Crippen LogP contribution < -0.4 is 14.8 Å². The third-order valence-corrected chi connectivity index (χ3v) is 3.54. The Kier molecular flexibility index (Phi) is 8.07. The summed E-state index contributed by atoms with van der Waals surface area (Å²) < 4.78 is 10.6. The molecule has 114 valence electrons. The number of methoxy groups -OCH3 is 2. The summed E-state index contributed by atoms with van der Waals surface area (Å²) in [6, 6.07) is 6.10. The van der Waals surface area contributed by atoms with Gasteiger partial charge in [0.2, 0.25) is 0 Å². The Morgan fingerprint density at radius 2 is 1.70 bits per heavy atom. The van der Waals surface area contributed by atoms with Gasteiger partial charge in [-0.1, -0.05) is 19.9 Å². The van der Waals surface area contributed by atoms with Gasteiger partial charge in [0.25, 0.3) is 0 Å². The number of nitrogens with zero attached hydrogens (tertiary/aromatic N) is 1. The van der Waals surface area contributed by atoms with E-state index in [1.807, 2.05) is 12.1 Å². The van der Waals surface area contributed by atoms with E-state index in [-0.39, 0.29) is 0 Å². The maximum absolute atomic E-state index is 5.31. The highest BCUT2D eigenvalue weighted by atomic mass is 16.5. The minimum absolute atomic E-state index is 0.783. The molecule has 0 unspecified atom stereocenters. The van der Waals surface area contributed by atoms with Crippen LogP contribution in [0, 0.1) is 0 Å². The Bertz CT molecular complexity index is 379. The lowest BCUT2D eigenvalue weighted by Crippen LogP contribution is -2.32. The van der Waals surface area contributed by atoms with Gasteiger partial charge in [-0.3, -0.25) is 0 Å². The molecule has 0 aliphatic rings. The van der Waals surface area contributed by atoms with Gasteiger partial charge in [-0.2, -0.15) is 0 Å². The molecule has 0 aromatic heterocycles. The molecule has 0 aliphatic carbocycles. The van der Waals surface area contributed by atoms with E-state index in [1.165, 1.54) is 5.56 Å². The lowest BCUT2D eigenvalue weighted by Gasteiger charge is -2.18. The summed E-state index contributed by atoms with van der Waals surface area (Å²) in [5, 5.41) is 3.49. The summed E-state index contributed by atoms with van der Waals surface area (Å²) >= 11 is 0. The second-order valence-corrected chi connectivity index (χ2v) is 4.72. The van der Waals surface area contributed by atoms with Crippen molar-refractivity contribution in [3.63, 3.8) is 0 Å². The summed E-state index contributed by atoms with van der Waals surface area (Å²) in [6.45, 7) is 9.77. The maximum Gasteiger partial charge on any atom is 0.160 e. The van der Waals surface area contributed by atoms with E-state index < -0.39 is 0 Å². The van der Waals surface area contributed by atoms with Gasteiger partial charge < -0.3 is 19.7 Å². The molecule has 0 heterocycles. The molecule has 1 aromatic carbocycles. The average Bonchev–Trinajstić information content (AvgIpc) is 2.50. The predicted molar refractivity (Wildman–Crippen MR) is 83.9 cm³/mol. The van der Waals surface area contributed by atoms with Gasteiger partial charge in [-0.05, 0) is 43.8 Å². The van der Waals surface area contributed by atoms with E-state index >= 15 is 0 Å². The Hall–Kier alpha value is -1.26. The highest BCUT2D eigenvalue weighted by Gasteiger charge is 2.04. The maximum atomic E-state index is 5.31. The molecule has 0 radical (unpaired) electrons. The first-order chi connectivity index (χ1) is 9.74. The van der Waals surface area contributed by atoms with Crippen molar-refractivity contribution < 1.29 is 9.47 Å². The van der Waals surface area contributed by atoms with Gasteiger partial charge in [0.05, 0.1) is 14.2 Å². The molecule has 0 amide bonds. The molecule has 0 atom stereocenters. The third kappa shape index (κ3) is 5.39. The number of ether oxygens (including phenoxy) is 2. The molecule has 0 bridgehead atoms. The van der Waals surface area contributed by atoms with Crippen molar-refractivity contribution >= 4 is 0 Å². The van der Waals surface area contributed by atoms with Crippen molar-refractivity contribution in [3.05, 3.63) is 23.8 Å². The van der Waals surface area contributed by atoms with Crippen LogP contribution in [0.5, 0.6) is 11.5 Å². The van der Waals surface area contributed by atoms with Crippen LogP contribution in [-0.2, 0) is 6.42 Å². The van der Waals surface area contributed by atoms with Crippen molar-refractivity contribution in [2.45, 2.75) is 20.3 Å². The zero-order chi connectivity index (χ0) is 14.8. The Morgan fingerprint density at radius 3 is 2.30 bits per heavy atom. The molecule has 0 saturated heterocycles. The molecular formula is C16H28N2O2. The van der Waals surface area contributed by atoms with E-state index in [0.717, 1.165) is 50.6 Å². The molecule has 4 heteroatoms. The zero-order valence-corrected chi connectivity index (χ0v) is 13.2. The number of likely N-dealkylation sites (N-methyl/N-ethyl adjacent to an activating group) is 1. The van der Waals surface area contributed by atoms with Crippen LogP contribution in [0.3, 0.4) is 0 Å². The minimum atomic E-state index is 0.783. The molecule has 1 N–H and O–H groups in total. The SMILES string of the molecule is CCN(CC)CCNCCc1ccc(OC)c(OC)c1. The van der Waals surface area contributed by atoms with Crippen LogP contribution in [-0.4, -0.2) is 51.8 Å². The fraction of sp³-hybridized carbons (Fsp3) is 0.625. The van der Waals surface area contributed by atoms with Crippen molar-refractivity contribution in [2.75, 3.05) is 46.9 Å². The van der Waals surface area contributed by atoms with Crippen LogP contribution in [0.15, 0.2) is 18.2 Å². The quantitative estimate of drug-likeness (QED) is 0.666. The first kappa shape index (κ1) is 16.8. The van der Waals surface area contributed by atoms with Crippen LogP contribution in [0.1, 0.15) is 19.4 Å². The highest BCUT2D eigenvalue weighted by Crippen LogP contribution is 2.27. The second-order valence-electron chi connectivity index (χ2n) is 4.72. The summed E-state index contributed by atoms with van der Waals surface area (Å²) in [4.78, 5) is 2.42. The third-order valence-electron chi connectivity index (χ3n) is 3.54. The number of rotatable bonds is 10. The Labute approximate surface area is 123 Å². The monoisotopic (exact) mass is 280 g/mol. The fourth-order valence-corrected chi connectivity index (χ4v) is 2.17. The van der Waals surface area contributed by atoms with Crippen LogP contribution >= 0.6 is 0 Å². The largest absolute Gasteiger partial charge is 0.493 e. The highest BCUT2D eigenvalue weighted by molar-refractivity contribution is 5.42. The van der Waals surface area contributed by atoms with Crippen molar-refractivity contribution in [1.82, 2.24) is 10.2 Å². The van der Waals surface area contributed by atoms with Crippen LogP contribution in [0.2, 0.25) is 0 Å². The van der Waals surface area contributed by atoms with Gasteiger partial charge in [0.1, 0.15) is 0 Å². The number of benzene rings is 1. The number of nitrogens with one attached hydrogen (secondary N) is 1. The Morgan fingerprint density at radius 1 is 1.00 bits per heavy atom. The summed E-state index contributed by atoms with van der Waals surface area (Å²) in [7, 11) is 3.33. The standard InChI is InChI=1S/C16H28N2O2/c1-5-18(6-2)12-11-17-10-9-14-7-8-15(19-3)16(13-14)20-4/h7-8,13,17H,5-6,9-12H2,1-4H3. The van der Waals surface area contributed by atoms with E-state index in [9.17, 15) is 0 Å². The van der Waals surface area contributed by atoms with Crippen LogP contribution in [0.25, 0.3) is 0 Å². The summed E-state index contributed by atoms with van der Waals surface area (Å²) in [5.41, 5.74) is 1.26. The van der Waals surface area contributed by atoms with Gasteiger partial charge >= 0.3 is 0 Å². The normalized spacial score (nSPS) is 10.8. The molecule has 0 spiro atoms. The van der Waals surface area contributed by atoms with E-state index in [0.29, 0.717) is 0 Å². The predicted octanol–water partition coefficient (Wildman–Crippen LogP) is 2.18. The fourth-order valence-electron chi connectivity index (χ4n) is 2.17. The van der Waals surface area contributed by atoms with Crippen LogP contribution in [0.4, 0.5) is 0 Å². The molecule has 4 nitrogen and oxygen atoms in total. The van der Waals surface area contributed by atoms with Gasteiger partial charge in [0.15, 0.2) is 11.5 Å². The molecule has 0 saturated carbocycles. The zero-order valence-electron chi connectivity index (χ0n) is 13.2. The number of hydrogen-bond donors (Lipinski definition) is 1. The second kappa shape index (κ2) is 9.61. The molecule has 1 aromatic rings. The lowest BCUT2D eigenvalue weighted by atomic mass is 10.1. The molecule has 1 rings (SSSR count). The smallest absolute Gasteiger partial charge is 0.160 e. The van der Waals surface area contributed by atoms with E-state index in [1.54, 1.807) is 14.2 Å². The van der Waals surface area contributed by atoms with Crippen molar-refractivity contribution in [1.29, 1.82) is 0 Å². The van der Waals surface area contributed by atoms with Crippen molar-refractivity contribution in [2.24, 2.45) is 0 Å². The summed E-state index contributed by atoms with van der Waals surface area (Å²) in [6.07, 6.45) is 0.999.